The smallest absolute Gasteiger partial charge is 0.262 e. The molecule has 8 nitrogen and oxygen atoms in total. The molecule has 1 atom stereocenters. The molecule has 0 bridgehead atoms. The fourth-order valence-electron chi connectivity index (χ4n) is 3.97. The molecule has 0 spiro atoms. The molecule has 1 unspecified atom stereocenters. The number of imide groups is 1. The summed E-state index contributed by atoms with van der Waals surface area (Å²) in [6.45, 7) is 0.120. The molecule has 2 N–H and O–H groups in total. The summed E-state index contributed by atoms with van der Waals surface area (Å²) < 4.78 is 0. The maximum Gasteiger partial charge on any atom is 0.262 e. The van der Waals surface area contributed by atoms with Gasteiger partial charge in [0.2, 0.25) is 11.8 Å². The molecule has 0 aliphatic carbocycles. The number of rotatable bonds is 8. The van der Waals surface area contributed by atoms with E-state index < -0.39 is 29.7 Å². The number of hydrogen-bond donors (Lipinski definition) is 2. The second-order valence-corrected chi connectivity index (χ2v) is 8.03. The van der Waals surface area contributed by atoms with Gasteiger partial charge < -0.3 is 10.6 Å². The summed E-state index contributed by atoms with van der Waals surface area (Å²) in [4.78, 5) is 52.2. The van der Waals surface area contributed by atoms with E-state index in [4.69, 9.17) is 5.26 Å². The number of anilines is 1. The first-order valence-electron chi connectivity index (χ1n) is 11.0. The van der Waals surface area contributed by atoms with E-state index in [0.717, 1.165) is 10.5 Å². The van der Waals surface area contributed by atoms with Crippen molar-refractivity contribution in [1.82, 2.24) is 10.2 Å². The van der Waals surface area contributed by atoms with Crippen molar-refractivity contribution in [2.45, 2.75) is 25.4 Å². The minimum Gasteiger partial charge on any atom is -0.350 e. The molecule has 0 aromatic heterocycles. The number of nitrogens with one attached hydrogen (secondary N) is 2. The average Bonchev–Trinajstić information content (AvgIpc) is 3.12. The summed E-state index contributed by atoms with van der Waals surface area (Å²) in [6, 6.07) is 23.3. The number of hydrogen-bond acceptors (Lipinski definition) is 5. The second kappa shape index (κ2) is 10.4. The Balaban J connectivity index is 1.53. The Labute approximate surface area is 202 Å². The summed E-state index contributed by atoms with van der Waals surface area (Å²) in [5.74, 6) is -1.89. The van der Waals surface area contributed by atoms with E-state index in [9.17, 15) is 19.2 Å². The highest BCUT2D eigenvalue weighted by atomic mass is 16.2. The number of amides is 4. The molecular weight excluding hydrogens is 444 g/mol. The second-order valence-electron chi connectivity index (χ2n) is 8.03. The van der Waals surface area contributed by atoms with E-state index in [0.29, 0.717) is 11.3 Å². The molecule has 0 saturated carbocycles. The van der Waals surface area contributed by atoms with Gasteiger partial charge in [0.25, 0.3) is 11.8 Å². The lowest BCUT2D eigenvalue weighted by molar-refractivity contribution is -0.125. The molecule has 0 saturated heterocycles. The summed E-state index contributed by atoms with van der Waals surface area (Å²) in [6.07, 6.45) is -0.0925. The first-order valence-corrected chi connectivity index (χ1v) is 11.0. The van der Waals surface area contributed by atoms with Crippen LogP contribution in [0.15, 0.2) is 78.9 Å². The Kier molecular flexibility index (Phi) is 6.98. The van der Waals surface area contributed by atoms with Crippen LogP contribution in [0, 0.1) is 11.3 Å². The standard InChI is InChI=1S/C27H22N4O4/c28-14-13-24(32)30-20-10-6-9-19(15-20)17-29-25(33)23(16-18-7-2-1-3-8-18)31-26(34)21-11-4-5-12-22(21)27(31)35/h1-12,15,23H,13,16-17H2,(H,29,33)(H,30,32). The van der Waals surface area contributed by atoms with Crippen LogP contribution in [-0.2, 0) is 22.6 Å². The zero-order chi connectivity index (χ0) is 24.8. The Bertz CT molecular complexity index is 1300. The molecular formula is C27H22N4O4. The van der Waals surface area contributed by atoms with Gasteiger partial charge in [0.15, 0.2) is 0 Å². The Morgan fingerprint density at radius 1 is 0.857 bits per heavy atom. The summed E-state index contributed by atoms with van der Waals surface area (Å²) in [5.41, 5.74) is 2.58. The first-order chi connectivity index (χ1) is 17.0. The summed E-state index contributed by atoms with van der Waals surface area (Å²) in [7, 11) is 0. The molecule has 4 rings (SSSR count). The monoisotopic (exact) mass is 466 g/mol. The van der Waals surface area contributed by atoms with Gasteiger partial charge in [-0.05, 0) is 35.4 Å². The molecule has 174 valence electrons. The van der Waals surface area contributed by atoms with Crippen molar-refractivity contribution in [2.24, 2.45) is 0 Å². The number of benzene rings is 3. The molecule has 1 heterocycles. The van der Waals surface area contributed by atoms with E-state index in [1.54, 1.807) is 54.6 Å². The van der Waals surface area contributed by atoms with Crippen LogP contribution in [-0.4, -0.2) is 34.6 Å². The van der Waals surface area contributed by atoms with Crippen LogP contribution in [0.3, 0.4) is 0 Å². The van der Waals surface area contributed by atoms with Gasteiger partial charge in [-0.3, -0.25) is 24.1 Å². The summed E-state index contributed by atoms with van der Waals surface area (Å²) >= 11 is 0. The molecule has 35 heavy (non-hydrogen) atoms. The Morgan fingerprint density at radius 2 is 1.49 bits per heavy atom. The first kappa shape index (κ1) is 23.4. The van der Waals surface area contributed by atoms with Gasteiger partial charge in [0.1, 0.15) is 12.5 Å². The normalized spacial score (nSPS) is 13.1. The van der Waals surface area contributed by atoms with E-state index in [1.807, 2.05) is 30.3 Å². The minimum atomic E-state index is -1.04. The van der Waals surface area contributed by atoms with Gasteiger partial charge in [-0.2, -0.15) is 5.26 Å². The van der Waals surface area contributed by atoms with Crippen LogP contribution < -0.4 is 10.6 Å². The largest absolute Gasteiger partial charge is 0.350 e. The summed E-state index contributed by atoms with van der Waals surface area (Å²) in [5, 5.41) is 14.1. The van der Waals surface area contributed by atoms with E-state index in [1.165, 1.54) is 0 Å². The van der Waals surface area contributed by atoms with Crippen molar-refractivity contribution in [2.75, 3.05) is 5.32 Å². The molecule has 3 aromatic carbocycles. The maximum atomic E-state index is 13.3. The fourth-order valence-corrected chi connectivity index (χ4v) is 3.97. The van der Waals surface area contributed by atoms with Gasteiger partial charge in [0, 0.05) is 18.7 Å². The van der Waals surface area contributed by atoms with Crippen molar-refractivity contribution < 1.29 is 19.2 Å². The van der Waals surface area contributed by atoms with Crippen molar-refractivity contribution in [1.29, 1.82) is 5.26 Å². The van der Waals surface area contributed by atoms with Crippen LogP contribution in [0.1, 0.15) is 38.3 Å². The predicted molar refractivity (Wildman–Crippen MR) is 128 cm³/mol. The van der Waals surface area contributed by atoms with Crippen molar-refractivity contribution in [3.63, 3.8) is 0 Å². The van der Waals surface area contributed by atoms with Gasteiger partial charge in [-0.1, -0.05) is 54.6 Å². The quantitative estimate of drug-likeness (QED) is 0.495. The lowest BCUT2D eigenvalue weighted by Gasteiger charge is -2.25. The zero-order valence-corrected chi connectivity index (χ0v) is 18.7. The van der Waals surface area contributed by atoms with Crippen molar-refractivity contribution in [3.05, 3.63) is 101 Å². The number of carbonyl (C=O) groups excluding carboxylic acids is 4. The van der Waals surface area contributed by atoms with Crippen LogP contribution in [0.5, 0.6) is 0 Å². The minimum absolute atomic E-state index is 0.120. The number of carbonyl (C=O) groups is 4. The Hall–Kier alpha value is -4.77. The number of nitriles is 1. The average molecular weight is 466 g/mol. The van der Waals surface area contributed by atoms with E-state index in [-0.39, 0.29) is 30.5 Å². The van der Waals surface area contributed by atoms with Crippen LogP contribution in [0.4, 0.5) is 5.69 Å². The lowest BCUT2D eigenvalue weighted by Crippen LogP contribution is -2.50. The fraction of sp³-hybridized carbons (Fsp3) is 0.148. The third-order valence-corrected chi connectivity index (χ3v) is 5.63. The van der Waals surface area contributed by atoms with Crippen LogP contribution in [0.2, 0.25) is 0 Å². The zero-order valence-electron chi connectivity index (χ0n) is 18.7. The van der Waals surface area contributed by atoms with Crippen molar-refractivity contribution in [3.8, 4) is 6.07 Å². The highest BCUT2D eigenvalue weighted by Gasteiger charge is 2.42. The molecule has 4 amide bonds. The van der Waals surface area contributed by atoms with Crippen molar-refractivity contribution >= 4 is 29.3 Å². The van der Waals surface area contributed by atoms with E-state index in [2.05, 4.69) is 10.6 Å². The number of fused-ring (bicyclic) bond motifs is 1. The Morgan fingerprint density at radius 3 is 2.14 bits per heavy atom. The third kappa shape index (κ3) is 5.25. The maximum absolute atomic E-state index is 13.3. The van der Waals surface area contributed by atoms with Gasteiger partial charge in [-0.15, -0.1) is 0 Å². The van der Waals surface area contributed by atoms with Crippen LogP contribution in [0.25, 0.3) is 0 Å². The van der Waals surface area contributed by atoms with Gasteiger partial charge in [-0.25, -0.2) is 0 Å². The topological polar surface area (TPSA) is 119 Å². The van der Waals surface area contributed by atoms with Crippen LogP contribution >= 0.6 is 0 Å². The SMILES string of the molecule is N#CCC(=O)Nc1cccc(CNC(=O)C(Cc2ccccc2)N2C(=O)c3ccccc3C2=O)c1. The van der Waals surface area contributed by atoms with E-state index >= 15 is 0 Å². The van der Waals surface area contributed by atoms with Gasteiger partial charge >= 0.3 is 0 Å². The highest BCUT2D eigenvalue weighted by Crippen LogP contribution is 2.26. The molecule has 0 fully saturated rings. The highest BCUT2D eigenvalue weighted by molar-refractivity contribution is 6.22. The molecule has 8 heteroatoms. The molecule has 1 aliphatic rings. The molecule has 3 aromatic rings. The third-order valence-electron chi connectivity index (χ3n) is 5.63. The lowest BCUT2D eigenvalue weighted by atomic mass is 10.0. The number of nitrogens with zero attached hydrogens (tertiary/aromatic N) is 2. The molecule has 1 aliphatic heterocycles. The predicted octanol–water partition coefficient (Wildman–Crippen LogP) is 3.06. The molecule has 0 radical (unpaired) electrons. The van der Waals surface area contributed by atoms with Gasteiger partial charge in [0.05, 0.1) is 17.2 Å².